The number of guanidine groups is 1. The fraction of sp³-hybridized carbons (Fsp3) is 0.400. The van der Waals surface area contributed by atoms with Gasteiger partial charge in [-0.1, -0.05) is 42.0 Å². The molecule has 2 heterocycles. The summed E-state index contributed by atoms with van der Waals surface area (Å²) in [5, 5.41) is 3.36. The minimum Gasteiger partial charge on any atom is -0.444 e. The van der Waals surface area contributed by atoms with Crippen LogP contribution in [0.1, 0.15) is 35.7 Å². The Labute approximate surface area is 172 Å². The predicted octanol–water partition coefficient (Wildman–Crippen LogP) is 4.16. The number of hydrogen-bond acceptors (Lipinski definition) is 3. The zero-order chi connectivity index (χ0) is 17.6. The van der Waals surface area contributed by atoms with Gasteiger partial charge in [-0.15, -0.1) is 24.0 Å². The Hall–Kier alpha value is -1.83. The van der Waals surface area contributed by atoms with Crippen LogP contribution in [-0.2, 0) is 6.54 Å². The number of nitrogens with zero attached hydrogens (tertiary/aromatic N) is 3. The van der Waals surface area contributed by atoms with Gasteiger partial charge in [-0.25, -0.2) is 4.98 Å². The van der Waals surface area contributed by atoms with Gasteiger partial charge in [0.25, 0.3) is 0 Å². The number of aromatic nitrogens is 1. The molecule has 1 fully saturated rings. The van der Waals surface area contributed by atoms with E-state index in [1.165, 1.54) is 11.1 Å². The molecule has 1 N–H and O–H groups in total. The van der Waals surface area contributed by atoms with Crippen LogP contribution in [0.3, 0.4) is 0 Å². The normalized spacial score (nSPS) is 14.8. The first-order chi connectivity index (χ1) is 12.2. The van der Waals surface area contributed by atoms with Gasteiger partial charge in [0.2, 0.25) is 5.89 Å². The number of aryl methyl sites for hydroxylation is 2. The van der Waals surface area contributed by atoms with Crippen molar-refractivity contribution in [2.45, 2.75) is 33.2 Å². The van der Waals surface area contributed by atoms with Crippen molar-refractivity contribution in [3.05, 3.63) is 58.8 Å². The lowest BCUT2D eigenvalue weighted by atomic mass is 10.0. The number of aliphatic imine (C=N–C) groups is 1. The van der Waals surface area contributed by atoms with Gasteiger partial charge in [0.15, 0.2) is 5.96 Å². The van der Waals surface area contributed by atoms with Crippen molar-refractivity contribution in [3.8, 4) is 0 Å². The highest BCUT2D eigenvalue weighted by molar-refractivity contribution is 14.0. The second-order valence-corrected chi connectivity index (χ2v) is 6.35. The Bertz CT molecular complexity index is 738. The highest BCUT2D eigenvalue weighted by atomic mass is 127. The number of benzene rings is 1. The highest BCUT2D eigenvalue weighted by Gasteiger charge is 2.17. The lowest BCUT2D eigenvalue weighted by Gasteiger charge is -2.31. The topological polar surface area (TPSA) is 53.7 Å². The van der Waals surface area contributed by atoms with Crippen LogP contribution in [0.5, 0.6) is 0 Å². The van der Waals surface area contributed by atoms with E-state index in [0.717, 1.165) is 43.3 Å². The van der Waals surface area contributed by atoms with Crippen molar-refractivity contribution in [2.75, 3.05) is 20.1 Å². The third kappa shape index (κ3) is 5.33. The molecule has 0 saturated carbocycles. The Morgan fingerprint density at radius 3 is 2.50 bits per heavy atom. The van der Waals surface area contributed by atoms with E-state index in [4.69, 9.17) is 4.42 Å². The van der Waals surface area contributed by atoms with Gasteiger partial charge in [-0.05, 0) is 32.3 Å². The maximum Gasteiger partial charge on any atom is 0.214 e. The van der Waals surface area contributed by atoms with Crippen molar-refractivity contribution in [1.29, 1.82) is 0 Å². The van der Waals surface area contributed by atoms with Crippen LogP contribution in [-0.4, -0.2) is 36.0 Å². The molecule has 0 atom stereocenters. The first-order valence-corrected chi connectivity index (χ1v) is 8.78. The van der Waals surface area contributed by atoms with E-state index in [1.807, 2.05) is 20.9 Å². The van der Waals surface area contributed by atoms with Gasteiger partial charge in [-0.2, -0.15) is 0 Å². The van der Waals surface area contributed by atoms with Crippen LogP contribution < -0.4 is 5.32 Å². The molecule has 0 unspecified atom stereocenters. The summed E-state index contributed by atoms with van der Waals surface area (Å²) < 4.78 is 5.62. The molecule has 6 heteroatoms. The molecule has 0 spiro atoms. The van der Waals surface area contributed by atoms with Crippen molar-refractivity contribution < 1.29 is 4.42 Å². The first-order valence-electron chi connectivity index (χ1n) is 8.78. The standard InChI is InChI=1S/C20H26N4O.HI/c1-15-16(2)25-19(23-15)14-22-20(21-3)24-11-9-18(10-12-24)13-17-7-5-4-6-8-17;/h4-8,13H,9-12,14H2,1-3H3,(H,21,22);1H. The number of nitrogens with one attached hydrogen (secondary N) is 1. The summed E-state index contributed by atoms with van der Waals surface area (Å²) in [5.74, 6) is 2.49. The van der Waals surface area contributed by atoms with Crippen LogP contribution in [0.25, 0.3) is 6.08 Å². The number of hydrogen-bond donors (Lipinski definition) is 1. The van der Waals surface area contributed by atoms with Gasteiger partial charge in [0.05, 0.1) is 12.2 Å². The Morgan fingerprint density at radius 1 is 1.23 bits per heavy atom. The maximum atomic E-state index is 5.62. The van der Waals surface area contributed by atoms with Crippen molar-refractivity contribution in [2.24, 2.45) is 4.99 Å². The number of oxazole rings is 1. The zero-order valence-corrected chi connectivity index (χ0v) is 18.0. The fourth-order valence-corrected chi connectivity index (χ4v) is 3.04. The molecular formula is C20H27IN4O. The summed E-state index contributed by atoms with van der Waals surface area (Å²) in [4.78, 5) is 11.1. The smallest absolute Gasteiger partial charge is 0.214 e. The monoisotopic (exact) mass is 466 g/mol. The Balaban J connectivity index is 0.00000243. The van der Waals surface area contributed by atoms with E-state index in [0.29, 0.717) is 12.4 Å². The number of piperidine rings is 1. The molecule has 26 heavy (non-hydrogen) atoms. The van der Waals surface area contributed by atoms with Crippen LogP contribution in [0.2, 0.25) is 0 Å². The second-order valence-electron chi connectivity index (χ2n) is 6.35. The van der Waals surface area contributed by atoms with Crippen LogP contribution in [0, 0.1) is 13.8 Å². The Morgan fingerprint density at radius 2 is 1.92 bits per heavy atom. The third-order valence-corrected chi connectivity index (χ3v) is 4.56. The average Bonchev–Trinajstić information content (AvgIpc) is 2.95. The van der Waals surface area contributed by atoms with Gasteiger partial charge >= 0.3 is 0 Å². The Kier molecular flexibility index (Phi) is 7.68. The lowest BCUT2D eigenvalue weighted by molar-refractivity contribution is 0.371. The number of likely N-dealkylation sites (tertiary alicyclic amines) is 1. The lowest BCUT2D eigenvalue weighted by Crippen LogP contribution is -2.44. The summed E-state index contributed by atoms with van der Waals surface area (Å²) in [5.41, 5.74) is 3.72. The second kappa shape index (κ2) is 9.75. The van der Waals surface area contributed by atoms with E-state index in [9.17, 15) is 0 Å². The molecule has 3 rings (SSSR count). The summed E-state index contributed by atoms with van der Waals surface area (Å²) in [6.45, 7) is 6.41. The molecule has 0 aliphatic carbocycles. The summed E-state index contributed by atoms with van der Waals surface area (Å²) >= 11 is 0. The molecular weight excluding hydrogens is 439 g/mol. The van der Waals surface area contributed by atoms with E-state index in [2.05, 4.69) is 56.6 Å². The summed E-state index contributed by atoms with van der Waals surface area (Å²) in [7, 11) is 1.82. The average molecular weight is 466 g/mol. The van der Waals surface area contributed by atoms with E-state index < -0.39 is 0 Å². The first kappa shape index (κ1) is 20.5. The molecule has 1 aliphatic heterocycles. The molecule has 0 radical (unpaired) electrons. The minimum absolute atomic E-state index is 0. The van der Waals surface area contributed by atoms with E-state index in [1.54, 1.807) is 0 Å². The van der Waals surface area contributed by atoms with Crippen molar-refractivity contribution in [1.82, 2.24) is 15.2 Å². The SMILES string of the molecule is CN=C(NCc1nc(C)c(C)o1)N1CCC(=Cc2ccccc2)CC1.I. The van der Waals surface area contributed by atoms with E-state index >= 15 is 0 Å². The molecule has 140 valence electrons. The largest absolute Gasteiger partial charge is 0.444 e. The molecule has 0 bridgehead atoms. The van der Waals surface area contributed by atoms with Crippen LogP contribution in [0.15, 0.2) is 45.3 Å². The molecule has 1 aromatic carbocycles. The molecule has 0 amide bonds. The number of rotatable bonds is 3. The zero-order valence-electron chi connectivity index (χ0n) is 15.7. The molecule has 1 aromatic heterocycles. The highest BCUT2D eigenvalue weighted by Crippen LogP contribution is 2.19. The maximum absolute atomic E-state index is 5.62. The van der Waals surface area contributed by atoms with Gasteiger partial charge in [0.1, 0.15) is 5.76 Å². The summed E-state index contributed by atoms with van der Waals surface area (Å²) in [6.07, 6.45) is 4.44. The fourth-order valence-electron chi connectivity index (χ4n) is 3.04. The summed E-state index contributed by atoms with van der Waals surface area (Å²) in [6, 6.07) is 10.5. The van der Waals surface area contributed by atoms with Crippen molar-refractivity contribution >= 4 is 36.0 Å². The minimum atomic E-state index is 0. The van der Waals surface area contributed by atoms with Gasteiger partial charge in [-0.3, -0.25) is 4.99 Å². The number of halogens is 1. The van der Waals surface area contributed by atoms with Crippen LogP contribution >= 0.6 is 24.0 Å². The van der Waals surface area contributed by atoms with E-state index in [-0.39, 0.29) is 24.0 Å². The predicted molar refractivity (Wildman–Crippen MR) is 117 cm³/mol. The molecule has 5 nitrogen and oxygen atoms in total. The van der Waals surface area contributed by atoms with Crippen molar-refractivity contribution in [3.63, 3.8) is 0 Å². The van der Waals surface area contributed by atoms with Gasteiger partial charge in [0, 0.05) is 20.1 Å². The molecule has 1 aliphatic rings. The molecule has 2 aromatic rings. The molecule has 1 saturated heterocycles. The van der Waals surface area contributed by atoms with Gasteiger partial charge < -0.3 is 14.6 Å². The quantitative estimate of drug-likeness (QED) is 0.419. The third-order valence-electron chi connectivity index (χ3n) is 4.56. The van der Waals surface area contributed by atoms with Crippen LogP contribution in [0.4, 0.5) is 0 Å².